The molecule has 1 fully saturated rings. The molecule has 1 unspecified atom stereocenters. The van der Waals surface area contributed by atoms with Gasteiger partial charge in [0.05, 0.1) is 9.82 Å². The number of hydrogen-bond acceptors (Lipinski definition) is 8. The third kappa shape index (κ3) is 9.56. The number of benzene rings is 3. The van der Waals surface area contributed by atoms with Gasteiger partial charge >= 0.3 is 5.97 Å². The fraction of sp³-hybridized carbons (Fsp3) is 0.412. The van der Waals surface area contributed by atoms with Gasteiger partial charge in [0.2, 0.25) is 10.0 Å². The first-order valence-electron chi connectivity index (χ1n) is 15.6. The van der Waals surface area contributed by atoms with E-state index < -0.39 is 32.9 Å². The zero-order valence-corrected chi connectivity index (χ0v) is 28.9. The Bertz CT molecular complexity index is 1660. The normalized spacial score (nSPS) is 14.5. The van der Waals surface area contributed by atoms with E-state index >= 15 is 0 Å². The summed E-state index contributed by atoms with van der Waals surface area (Å²) < 4.78 is 33.9. The van der Waals surface area contributed by atoms with E-state index in [4.69, 9.17) is 11.9 Å². The molecule has 0 aromatic heterocycles. The lowest BCUT2D eigenvalue weighted by Gasteiger charge is -2.27. The standard InChI is InChI=1S/C34H40ClN3O7S2/c1-24-8-6-7-11-29(24)31-22-26(12-17-30(31)33(39)36-32(19-21-46-2)34(40)45-35)23-37(20-18-25-9-4-3-5-10-25)47(43,44)28-15-13-27(14-16-28)38(41)42/h6-8,11-17,22,25,32H,3-5,9-10,18-21,23H2,1-2H3,(H,36,39). The van der Waals surface area contributed by atoms with Crippen LogP contribution in [-0.2, 0) is 25.7 Å². The fourth-order valence-electron chi connectivity index (χ4n) is 5.94. The van der Waals surface area contributed by atoms with Crippen molar-refractivity contribution in [3.8, 4) is 11.1 Å². The smallest absolute Gasteiger partial charge is 0.345 e. The maximum Gasteiger partial charge on any atom is 0.346 e. The van der Waals surface area contributed by atoms with Crippen LogP contribution < -0.4 is 5.32 Å². The number of nitrogens with zero attached hydrogens (tertiary/aromatic N) is 2. The summed E-state index contributed by atoms with van der Waals surface area (Å²) in [5.74, 6) is -0.227. The second-order valence-corrected chi connectivity index (χ2v) is 14.9. The number of sulfonamides is 1. The quantitative estimate of drug-likeness (QED) is 0.129. The average molecular weight is 702 g/mol. The maximum absolute atomic E-state index is 14.0. The van der Waals surface area contributed by atoms with Gasteiger partial charge in [-0.25, -0.2) is 13.2 Å². The molecule has 0 radical (unpaired) electrons. The second kappa shape index (κ2) is 17.1. The lowest BCUT2D eigenvalue weighted by molar-refractivity contribution is -0.384. The fourth-order valence-corrected chi connectivity index (χ4v) is 7.96. The molecular weight excluding hydrogens is 662 g/mol. The van der Waals surface area contributed by atoms with Gasteiger partial charge in [-0.05, 0) is 84.2 Å². The molecule has 1 N–H and O–H groups in total. The summed E-state index contributed by atoms with van der Waals surface area (Å²) in [6.45, 7) is 2.23. The Labute approximate surface area is 285 Å². The van der Waals surface area contributed by atoms with E-state index in [9.17, 15) is 28.1 Å². The molecule has 0 saturated heterocycles. The van der Waals surface area contributed by atoms with Crippen LogP contribution in [0.2, 0.25) is 0 Å². The van der Waals surface area contributed by atoms with Crippen LogP contribution in [0.15, 0.2) is 71.6 Å². The predicted molar refractivity (Wildman–Crippen MR) is 185 cm³/mol. The topological polar surface area (TPSA) is 136 Å². The summed E-state index contributed by atoms with van der Waals surface area (Å²) in [5, 5.41) is 14.0. The number of amides is 1. The highest BCUT2D eigenvalue weighted by atomic mass is 35.5. The van der Waals surface area contributed by atoms with E-state index in [0.717, 1.165) is 36.8 Å². The van der Waals surface area contributed by atoms with Crippen LogP contribution >= 0.6 is 23.6 Å². The number of hydrogen-bond donors (Lipinski definition) is 1. The maximum atomic E-state index is 14.0. The first-order chi connectivity index (χ1) is 22.5. The minimum atomic E-state index is -4.03. The molecular formula is C34H40ClN3O7S2. The molecule has 0 spiro atoms. The van der Waals surface area contributed by atoms with Crippen LogP contribution in [0.1, 0.15) is 66.4 Å². The highest BCUT2D eigenvalue weighted by molar-refractivity contribution is 7.98. The molecule has 3 aromatic carbocycles. The van der Waals surface area contributed by atoms with Crippen LogP contribution in [0.25, 0.3) is 11.1 Å². The molecule has 13 heteroatoms. The van der Waals surface area contributed by atoms with Gasteiger partial charge in [0.25, 0.3) is 11.6 Å². The van der Waals surface area contributed by atoms with Crippen LogP contribution in [0, 0.1) is 23.0 Å². The number of halogens is 1. The lowest BCUT2D eigenvalue weighted by atomic mass is 9.87. The number of non-ortho nitro benzene ring substituents is 1. The Morgan fingerprint density at radius 2 is 1.77 bits per heavy atom. The van der Waals surface area contributed by atoms with Crippen LogP contribution in [0.5, 0.6) is 0 Å². The van der Waals surface area contributed by atoms with Gasteiger partial charge in [0.1, 0.15) is 17.9 Å². The van der Waals surface area contributed by atoms with E-state index in [1.165, 1.54) is 46.8 Å². The molecule has 1 aliphatic carbocycles. The third-order valence-corrected chi connectivity index (χ3v) is 11.3. The Morgan fingerprint density at radius 3 is 2.40 bits per heavy atom. The SMILES string of the molecule is CSCCC(NC(=O)c1ccc(CN(CCC2CCCCC2)S(=O)(=O)c2ccc([N+](=O)[O-])cc2)cc1-c1ccccc1C)C(=O)OCl. The average Bonchev–Trinajstić information content (AvgIpc) is 3.08. The van der Waals surface area contributed by atoms with Crippen molar-refractivity contribution in [1.29, 1.82) is 0 Å². The van der Waals surface area contributed by atoms with Gasteiger partial charge in [0.15, 0.2) is 0 Å². The number of nitro benzene ring substituents is 1. The lowest BCUT2D eigenvalue weighted by Crippen LogP contribution is -2.41. The van der Waals surface area contributed by atoms with Crippen LogP contribution in [0.4, 0.5) is 5.69 Å². The van der Waals surface area contributed by atoms with Gasteiger partial charge in [0, 0.05) is 30.8 Å². The van der Waals surface area contributed by atoms with E-state index in [2.05, 4.69) is 9.61 Å². The highest BCUT2D eigenvalue weighted by Gasteiger charge is 2.28. The Hall–Kier alpha value is -3.45. The van der Waals surface area contributed by atoms with E-state index in [1.807, 2.05) is 43.5 Å². The van der Waals surface area contributed by atoms with Crippen molar-refractivity contribution in [3.63, 3.8) is 0 Å². The predicted octanol–water partition coefficient (Wildman–Crippen LogP) is 7.28. The van der Waals surface area contributed by atoms with Crippen LogP contribution in [-0.4, -0.2) is 54.1 Å². The minimum Gasteiger partial charge on any atom is -0.345 e. The summed E-state index contributed by atoms with van der Waals surface area (Å²) in [5.41, 5.74) is 3.06. The molecule has 47 heavy (non-hydrogen) atoms. The molecule has 0 aliphatic heterocycles. The zero-order valence-electron chi connectivity index (χ0n) is 26.5. The minimum absolute atomic E-state index is 0.0238. The molecule has 1 saturated carbocycles. The molecule has 1 atom stereocenters. The Balaban J connectivity index is 1.71. The molecule has 1 aliphatic rings. The Morgan fingerprint density at radius 1 is 1.06 bits per heavy atom. The first kappa shape index (κ1) is 36.4. The number of nitrogens with one attached hydrogen (secondary N) is 1. The third-order valence-electron chi connectivity index (χ3n) is 8.60. The molecule has 1 amide bonds. The van der Waals surface area contributed by atoms with Crippen molar-refractivity contribution in [3.05, 3.63) is 93.5 Å². The number of thioether (sulfide) groups is 1. The van der Waals surface area contributed by atoms with Crippen LogP contribution in [0.3, 0.4) is 0 Å². The molecule has 0 heterocycles. The number of carbonyl (C=O) groups is 2. The van der Waals surface area contributed by atoms with Gasteiger partial charge < -0.3 is 9.61 Å². The van der Waals surface area contributed by atoms with Gasteiger partial charge in [-0.15, -0.1) is 0 Å². The second-order valence-electron chi connectivity index (χ2n) is 11.8. The summed E-state index contributed by atoms with van der Waals surface area (Å²) in [7, 11) is -4.03. The molecule has 252 valence electrons. The molecule has 4 rings (SSSR count). The van der Waals surface area contributed by atoms with Crippen molar-refractivity contribution in [2.45, 2.75) is 69.4 Å². The molecule has 3 aromatic rings. The number of aryl methyl sites for hydroxylation is 1. The van der Waals surface area contributed by atoms with E-state index in [1.54, 1.807) is 12.1 Å². The summed E-state index contributed by atoms with van der Waals surface area (Å²) in [6, 6.07) is 16.7. The van der Waals surface area contributed by atoms with Gasteiger partial charge in [-0.3, -0.25) is 14.9 Å². The number of carbonyl (C=O) groups excluding carboxylic acids is 2. The summed E-state index contributed by atoms with van der Waals surface area (Å²) in [6.07, 6.45) is 8.48. The molecule has 0 bridgehead atoms. The van der Waals surface area contributed by atoms with Crippen molar-refractivity contribution in [2.24, 2.45) is 5.92 Å². The molecule has 10 nitrogen and oxygen atoms in total. The van der Waals surface area contributed by atoms with Crippen molar-refractivity contribution < 1.29 is 27.2 Å². The number of nitro groups is 1. The van der Waals surface area contributed by atoms with Gasteiger partial charge in [-0.2, -0.15) is 16.1 Å². The Kier molecular flexibility index (Phi) is 13.2. The summed E-state index contributed by atoms with van der Waals surface area (Å²) >= 11 is 6.88. The number of rotatable bonds is 15. The van der Waals surface area contributed by atoms with Crippen molar-refractivity contribution in [1.82, 2.24) is 9.62 Å². The highest BCUT2D eigenvalue weighted by Crippen LogP contribution is 2.31. The zero-order chi connectivity index (χ0) is 34.0. The van der Waals surface area contributed by atoms with E-state index in [-0.39, 0.29) is 23.7 Å². The van der Waals surface area contributed by atoms with Gasteiger partial charge in [-0.1, -0.05) is 62.4 Å². The van der Waals surface area contributed by atoms with Crippen molar-refractivity contribution in [2.75, 3.05) is 18.6 Å². The summed E-state index contributed by atoms with van der Waals surface area (Å²) in [4.78, 5) is 36.6. The largest absolute Gasteiger partial charge is 0.346 e. The first-order valence-corrected chi connectivity index (χ1v) is 18.7. The van der Waals surface area contributed by atoms with Crippen molar-refractivity contribution >= 4 is 51.2 Å². The van der Waals surface area contributed by atoms with E-state index in [0.29, 0.717) is 41.2 Å². The monoisotopic (exact) mass is 701 g/mol.